The van der Waals surface area contributed by atoms with Crippen LogP contribution in [0.2, 0.25) is 0 Å². The van der Waals surface area contributed by atoms with Gasteiger partial charge in [0.1, 0.15) is 10.6 Å². The largest absolute Gasteiger partial charge is 0.457 e. The van der Waals surface area contributed by atoms with E-state index in [4.69, 9.17) is 39.5 Å². The molecule has 3 atom stereocenters. The number of carbonyl (C=O) groups excluding carboxylic acids is 2. The number of carbonyl (C=O) groups is 2. The summed E-state index contributed by atoms with van der Waals surface area (Å²) in [7, 11) is 0. The minimum Gasteiger partial charge on any atom is -0.457 e. The first-order valence-corrected chi connectivity index (χ1v) is 9.41. The van der Waals surface area contributed by atoms with Gasteiger partial charge in [0.15, 0.2) is 0 Å². The third-order valence-electron chi connectivity index (χ3n) is 4.21. The highest BCUT2D eigenvalue weighted by Crippen LogP contribution is 2.29. The predicted molar refractivity (Wildman–Crippen MR) is 104 cm³/mol. The van der Waals surface area contributed by atoms with Gasteiger partial charge in [0.2, 0.25) is 5.91 Å². The smallest absolute Gasteiger partial charge is 0.310 e. The lowest BCUT2D eigenvalue weighted by Crippen LogP contribution is -2.39. The van der Waals surface area contributed by atoms with E-state index in [-0.39, 0.29) is 15.4 Å². The van der Waals surface area contributed by atoms with Crippen LogP contribution < -0.4 is 5.32 Å². The molecule has 26 heavy (non-hydrogen) atoms. The normalized spacial score (nSPS) is 20.2. The van der Waals surface area contributed by atoms with E-state index in [9.17, 15) is 9.59 Å². The quantitative estimate of drug-likeness (QED) is 0.540. The third-order valence-corrected chi connectivity index (χ3v) is 5.31. The standard InChI is InChI=1S/C19H20Cl3NO3/c1-12(16(20)17(21)22)26-19(25)15-10-6-5-9-14(15)18(24)23-11-13-7-3-2-4-8-13/h2-8,12,14-15H,9-11H2,1H3,(H,23,24)/t12-,14-,15+/m1/s1. The van der Waals surface area contributed by atoms with Crippen LogP contribution in [0.3, 0.4) is 0 Å². The lowest BCUT2D eigenvalue weighted by atomic mass is 9.82. The van der Waals surface area contributed by atoms with Gasteiger partial charge >= 0.3 is 5.97 Å². The highest BCUT2D eigenvalue weighted by Gasteiger charge is 2.36. The number of amides is 1. The summed E-state index contributed by atoms with van der Waals surface area (Å²) in [5.41, 5.74) is 0.994. The molecule has 0 saturated carbocycles. The topological polar surface area (TPSA) is 55.4 Å². The zero-order chi connectivity index (χ0) is 19.1. The number of hydrogen-bond acceptors (Lipinski definition) is 3. The molecule has 1 amide bonds. The Hall–Kier alpha value is -1.49. The molecule has 1 aliphatic rings. The molecule has 0 radical (unpaired) electrons. The summed E-state index contributed by atoms with van der Waals surface area (Å²) in [6.07, 6.45) is 3.93. The molecule has 1 aliphatic carbocycles. The van der Waals surface area contributed by atoms with Gasteiger partial charge in [-0.1, -0.05) is 77.3 Å². The Balaban J connectivity index is 2.00. The van der Waals surface area contributed by atoms with Crippen LogP contribution in [0.25, 0.3) is 0 Å². The minimum absolute atomic E-state index is 0.0538. The number of nitrogens with one attached hydrogen (secondary N) is 1. The van der Waals surface area contributed by atoms with Gasteiger partial charge in [-0.05, 0) is 25.3 Å². The lowest BCUT2D eigenvalue weighted by molar-refractivity contribution is -0.155. The van der Waals surface area contributed by atoms with Crippen molar-refractivity contribution in [3.8, 4) is 0 Å². The number of hydrogen-bond donors (Lipinski definition) is 1. The first-order chi connectivity index (χ1) is 12.4. The van der Waals surface area contributed by atoms with E-state index in [1.807, 2.05) is 42.5 Å². The average molecular weight is 417 g/mol. The van der Waals surface area contributed by atoms with Gasteiger partial charge in [-0.2, -0.15) is 0 Å². The van der Waals surface area contributed by atoms with Crippen LogP contribution in [0, 0.1) is 11.8 Å². The average Bonchev–Trinajstić information content (AvgIpc) is 2.66. The monoisotopic (exact) mass is 415 g/mol. The molecule has 2 rings (SSSR count). The third kappa shape index (κ3) is 5.76. The Bertz CT molecular complexity index is 699. The van der Waals surface area contributed by atoms with Gasteiger partial charge in [-0.25, -0.2) is 0 Å². The Morgan fingerprint density at radius 3 is 2.35 bits per heavy atom. The van der Waals surface area contributed by atoms with Gasteiger partial charge in [0.05, 0.1) is 16.9 Å². The second kappa shape index (κ2) is 10.0. The van der Waals surface area contributed by atoms with Crippen LogP contribution in [-0.2, 0) is 20.9 Å². The Labute approximate surface area is 168 Å². The number of esters is 1. The van der Waals surface area contributed by atoms with Crippen molar-refractivity contribution in [1.82, 2.24) is 5.32 Å². The zero-order valence-corrected chi connectivity index (χ0v) is 16.5. The molecule has 0 unspecified atom stereocenters. The molecule has 140 valence electrons. The van der Waals surface area contributed by atoms with Crippen molar-refractivity contribution in [3.63, 3.8) is 0 Å². The van der Waals surface area contributed by atoms with Crippen LogP contribution in [0.5, 0.6) is 0 Å². The second-order valence-corrected chi connectivity index (χ2v) is 7.40. The Kier molecular flexibility index (Phi) is 8.01. The van der Waals surface area contributed by atoms with Crippen molar-refractivity contribution >= 4 is 46.7 Å². The number of halogens is 3. The number of rotatable bonds is 6. The second-order valence-electron chi connectivity index (χ2n) is 6.05. The summed E-state index contributed by atoms with van der Waals surface area (Å²) in [6, 6.07) is 9.59. The van der Waals surface area contributed by atoms with Crippen LogP contribution in [0.4, 0.5) is 0 Å². The molecular formula is C19H20Cl3NO3. The maximum absolute atomic E-state index is 12.6. The van der Waals surface area contributed by atoms with E-state index < -0.39 is 23.9 Å². The van der Waals surface area contributed by atoms with Crippen molar-refractivity contribution in [1.29, 1.82) is 0 Å². The highest BCUT2D eigenvalue weighted by molar-refractivity contribution is 6.59. The van der Waals surface area contributed by atoms with Crippen molar-refractivity contribution in [2.45, 2.75) is 32.4 Å². The molecule has 4 nitrogen and oxygen atoms in total. The molecule has 0 bridgehead atoms. The highest BCUT2D eigenvalue weighted by atomic mass is 35.5. The minimum atomic E-state index is -0.770. The van der Waals surface area contributed by atoms with E-state index in [1.165, 1.54) is 0 Å². The zero-order valence-electron chi connectivity index (χ0n) is 14.3. The van der Waals surface area contributed by atoms with Gasteiger partial charge in [-0.3, -0.25) is 9.59 Å². The fourth-order valence-corrected chi connectivity index (χ4v) is 3.10. The molecule has 0 fully saturated rings. The molecular weight excluding hydrogens is 397 g/mol. The predicted octanol–water partition coefficient (Wildman–Crippen LogP) is 4.70. The fraction of sp³-hybridized carbons (Fsp3) is 0.368. The van der Waals surface area contributed by atoms with Crippen LogP contribution >= 0.6 is 34.8 Å². The molecule has 7 heteroatoms. The van der Waals surface area contributed by atoms with Crippen molar-refractivity contribution < 1.29 is 14.3 Å². The Morgan fingerprint density at radius 2 is 1.73 bits per heavy atom. The van der Waals surface area contributed by atoms with E-state index in [0.717, 1.165) is 5.56 Å². The Morgan fingerprint density at radius 1 is 1.12 bits per heavy atom. The summed E-state index contributed by atoms with van der Waals surface area (Å²) in [5.74, 6) is -1.73. The molecule has 0 aliphatic heterocycles. The van der Waals surface area contributed by atoms with E-state index in [1.54, 1.807) is 6.92 Å². The molecule has 1 N–H and O–H groups in total. The summed E-state index contributed by atoms with van der Waals surface area (Å²) in [4.78, 5) is 25.1. The lowest BCUT2D eigenvalue weighted by Gasteiger charge is -2.27. The maximum Gasteiger partial charge on any atom is 0.310 e. The molecule has 0 aromatic heterocycles. The summed E-state index contributed by atoms with van der Waals surface area (Å²) < 4.78 is 5.20. The van der Waals surface area contributed by atoms with Gasteiger partial charge < -0.3 is 10.1 Å². The number of ether oxygens (including phenoxy) is 1. The van der Waals surface area contributed by atoms with E-state index in [2.05, 4.69) is 5.32 Å². The fourth-order valence-electron chi connectivity index (χ4n) is 2.75. The summed E-state index contributed by atoms with van der Waals surface area (Å²) in [5, 5.41) is 2.94. The van der Waals surface area contributed by atoms with Gasteiger partial charge in [-0.15, -0.1) is 0 Å². The number of allylic oxidation sites excluding steroid dienone is 2. The van der Waals surface area contributed by atoms with Crippen LogP contribution in [-0.4, -0.2) is 18.0 Å². The molecule has 1 aromatic rings. The van der Waals surface area contributed by atoms with Crippen molar-refractivity contribution in [2.24, 2.45) is 11.8 Å². The van der Waals surface area contributed by atoms with Crippen molar-refractivity contribution in [3.05, 3.63) is 57.6 Å². The SMILES string of the molecule is C[C@@H](OC(=O)[C@H]1CC=CC[C@H]1C(=O)NCc1ccccc1)C(Cl)=C(Cl)Cl. The summed E-state index contributed by atoms with van der Waals surface area (Å²) >= 11 is 17.1. The molecule has 0 spiro atoms. The van der Waals surface area contributed by atoms with E-state index >= 15 is 0 Å². The summed E-state index contributed by atoms with van der Waals surface area (Å²) in [6.45, 7) is 1.99. The first kappa shape index (κ1) is 20.8. The van der Waals surface area contributed by atoms with Gasteiger partial charge in [0.25, 0.3) is 0 Å². The molecule has 1 aromatic carbocycles. The molecule has 0 saturated heterocycles. The van der Waals surface area contributed by atoms with Gasteiger partial charge in [0, 0.05) is 6.54 Å². The van der Waals surface area contributed by atoms with E-state index in [0.29, 0.717) is 19.4 Å². The molecule has 0 heterocycles. The van der Waals surface area contributed by atoms with Crippen LogP contribution in [0.15, 0.2) is 52.0 Å². The van der Waals surface area contributed by atoms with Crippen LogP contribution in [0.1, 0.15) is 25.3 Å². The first-order valence-electron chi connectivity index (χ1n) is 8.28. The number of benzene rings is 1. The van der Waals surface area contributed by atoms with Crippen molar-refractivity contribution in [2.75, 3.05) is 0 Å². The maximum atomic E-state index is 12.6.